The Labute approximate surface area is 172 Å². The summed E-state index contributed by atoms with van der Waals surface area (Å²) in [4.78, 5) is 12.5. The van der Waals surface area contributed by atoms with E-state index in [0.717, 1.165) is 36.8 Å². The van der Waals surface area contributed by atoms with Gasteiger partial charge < -0.3 is 5.11 Å². The van der Waals surface area contributed by atoms with Crippen molar-refractivity contribution in [1.29, 1.82) is 0 Å². The van der Waals surface area contributed by atoms with Gasteiger partial charge in [0.1, 0.15) is 0 Å². The minimum absolute atomic E-state index is 0.269. The largest absolute Gasteiger partial charge is 0.478 e. The molecule has 0 aromatic heterocycles. The molecule has 0 bridgehead atoms. The number of hydrogen-bond acceptors (Lipinski definition) is 2. The lowest BCUT2D eigenvalue weighted by Gasteiger charge is -2.38. The molecular formula is C25H28O2S. The molecule has 3 heteroatoms. The highest BCUT2D eigenvalue weighted by molar-refractivity contribution is 7.99. The second-order valence-electron chi connectivity index (χ2n) is 7.47. The average molecular weight is 393 g/mol. The molecular weight excluding hydrogens is 364 g/mol. The molecule has 0 saturated carbocycles. The predicted octanol–water partition coefficient (Wildman–Crippen LogP) is 6.29. The number of benzene rings is 2. The Morgan fingerprint density at radius 2 is 1.82 bits per heavy atom. The maximum Gasteiger partial charge on any atom is 0.335 e. The molecule has 0 fully saturated rings. The number of carbonyl (C=O) groups is 1. The molecule has 2 aromatic carbocycles. The third-order valence-corrected chi connectivity index (χ3v) is 7.02. The summed E-state index contributed by atoms with van der Waals surface area (Å²) < 4.78 is 0. The van der Waals surface area contributed by atoms with Crippen molar-refractivity contribution in [3.63, 3.8) is 0 Å². The lowest BCUT2D eigenvalue weighted by atomic mass is 9.72. The summed E-state index contributed by atoms with van der Waals surface area (Å²) >= 11 is 1.99. The normalized spacial score (nSPS) is 14.7. The van der Waals surface area contributed by atoms with Gasteiger partial charge in [0.15, 0.2) is 0 Å². The van der Waals surface area contributed by atoms with Crippen molar-refractivity contribution in [3.8, 4) is 11.8 Å². The summed E-state index contributed by atoms with van der Waals surface area (Å²) in [6.45, 7) is 6.81. The summed E-state index contributed by atoms with van der Waals surface area (Å²) in [6.07, 6.45) is 5.68. The molecule has 1 heterocycles. The monoisotopic (exact) mass is 392 g/mol. The average Bonchev–Trinajstić information content (AvgIpc) is 2.72. The first kappa shape index (κ1) is 20.6. The number of fused-ring (bicyclic) bond motifs is 1. The van der Waals surface area contributed by atoms with E-state index >= 15 is 0 Å². The van der Waals surface area contributed by atoms with Gasteiger partial charge in [-0.15, -0.1) is 11.8 Å². The van der Waals surface area contributed by atoms with E-state index in [0.29, 0.717) is 5.56 Å². The van der Waals surface area contributed by atoms with Gasteiger partial charge in [-0.2, -0.15) is 0 Å². The van der Waals surface area contributed by atoms with Crippen LogP contribution in [0.15, 0.2) is 41.3 Å². The second-order valence-corrected chi connectivity index (χ2v) is 8.61. The molecule has 2 aromatic rings. The van der Waals surface area contributed by atoms with Crippen LogP contribution < -0.4 is 0 Å². The number of rotatable bonds is 5. The minimum Gasteiger partial charge on any atom is -0.478 e. The number of aromatic carboxylic acids is 1. The van der Waals surface area contributed by atoms with E-state index in [1.54, 1.807) is 24.3 Å². The first-order valence-electron chi connectivity index (χ1n) is 10.2. The van der Waals surface area contributed by atoms with Crippen LogP contribution in [0.5, 0.6) is 0 Å². The van der Waals surface area contributed by atoms with Gasteiger partial charge in [-0.05, 0) is 84.4 Å². The van der Waals surface area contributed by atoms with Crippen LogP contribution in [0, 0.1) is 11.8 Å². The van der Waals surface area contributed by atoms with Crippen molar-refractivity contribution < 1.29 is 9.90 Å². The molecule has 3 rings (SSSR count). The Kier molecular flexibility index (Phi) is 6.52. The maximum atomic E-state index is 11.0. The van der Waals surface area contributed by atoms with E-state index in [2.05, 4.69) is 44.7 Å². The molecule has 0 aliphatic carbocycles. The number of carboxylic acid groups (broad SMARTS) is 1. The van der Waals surface area contributed by atoms with Gasteiger partial charge in [0.05, 0.1) is 5.56 Å². The Morgan fingerprint density at radius 1 is 1.11 bits per heavy atom. The maximum absolute atomic E-state index is 11.0. The van der Waals surface area contributed by atoms with Gasteiger partial charge in [0, 0.05) is 16.0 Å². The summed E-state index contributed by atoms with van der Waals surface area (Å²) in [5.41, 5.74) is 5.32. The molecule has 1 aliphatic heterocycles. The molecule has 0 atom stereocenters. The zero-order valence-electron chi connectivity index (χ0n) is 17.0. The van der Waals surface area contributed by atoms with Gasteiger partial charge >= 0.3 is 5.97 Å². The number of hydrogen-bond donors (Lipinski definition) is 1. The van der Waals surface area contributed by atoms with Crippen LogP contribution in [0.25, 0.3) is 0 Å². The summed E-state index contributed by atoms with van der Waals surface area (Å²) in [7, 11) is 0. The van der Waals surface area contributed by atoms with E-state index in [1.165, 1.54) is 28.2 Å². The van der Waals surface area contributed by atoms with E-state index in [-0.39, 0.29) is 5.41 Å². The van der Waals surface area contributed by atoms with Crippen molar-refractivity contribution in [1.82, 2.24) is 0 Å². The van der Waals surface area contributed by atoms with E-state index in [1.807, 2.05) is 11.8 Å². The van der Waals surface area contributed by atoms with Gasteiger partial charge in [0.2, 0.25) is 0 Å². The highest BCUT2D eigenvalue weighted by atomic mass is 32.2. The highest BCUT2D eigenvalue weighted by Gasteiger charge is 2.34. The van der Waals surface area contributed by atoms with Crippen molar-refractivity contribution in [3.05, 3.63) is 64.2 Å². The Morgan fingerprint density at radius 3 is 2.43 bits per heavy atom. The van der Waals surface area contributed by atoms with Crippen molar-refractivity contribution in [2.24, 2.45) is 0 Å². The van der Waals surface area contributed by atoms with E-state index in [9.17, 15) is 4.79 Å². The molecule has 146 valence electrons. The van der Waals surface area contributed by atoms with Crippen LogP contribution in [0.1, 0.15) is 79.1 Å². The number of thioether (sulfide) groups is 1. The fourth-order valence-electron chi connectivity index (χ4n) is 4.06. The molecule has 0 amide bonds. The van der Waals surface area contributed by atoms with Crippen LogP contribution in [-0.2, 0) is 11.8 Å². The van der Waals surface area contributed by atoms with E-state index < -0.39 is 5.97 Å². The zero-order valence-corrected chi connectivity index (χ0v) is 17.8. The van der Waals surface area contributed by atoms with Gasteiger partial charge in [-0.3, -0.25) is 0 Å². The highest BCUT2D eigenvalue weighted by Crippen LogP contribution is 2.46. The molecule has 1 aliphatic rings. The Balaban J connectivity index is 2.04. The lowest BCUT2D eigenvalue weighted by molar-refractivity contribution is 0.0697. The number of carboxylic acids is 1. The molecule has 0 spiro atoms. The fourth-order valence-corrected chi connectivity index (χ4v) is 5.43. The molecule has 28 heavy (non-hydrogen) atoms. The predicted molar refractivity (Wildman–Crippen MR) is 117 cm³/mol. The number of aryl methyl sites for hydroxylation is 1. The van der Waals surface area contributed by atoms with Crippen LogP contribution in [0.4, 0.5) is 0 Å². The standard InChI is InChI=1S/C25H28O2S/c1-4-7-20-17-23-22(25(5-2,6-3)14-15-28-23)16-21(20)13-10-18-8-11-19(12-9-18)24(26)27/h8-9,11-12,16-17H,4-7,14-15H2,1-3H3,(H,26,27). The van der Waals surface area contributed by atoms with Crippen LogP contribution >= 0.6 is 11.8 Å². The molecule has 1 N–H and O–H groups in total. The van der Waals surface area contributed by atoms with Crippen molar-refractivity contribution >= 4 is 17.7 Å². The van der Waals surface area contributed by atoms with Gasteiger partial charge in [-0.25, -0.2) is 4.79 Å². The Hall–Kier alpha value is -2.18. The first-order chi connectivity index (χ1) is 13.5. The molecule has 0 saturated heterocycles. The molecule has 0 unspecified atom stereocenters. The van der Waals surface area contributed by atoms with Crippen molar-refractivity contribution in [2.75, 3.05) is 5.75 Å². The lowest BCUT2D eigenvalue weighted by Crippen LogP contribution is -2.29. The van der Waals surface area contributed by atoms with Crippen LogP contribution in [-0.4, -0.2) is 16.8 Å². The summed E-state index contributed by atoms with van der Waals surface area (Å²) in [5.74, 6) is 6.92. The fraction of sp³-hybridized carbons (Fsp3) is 0.400. The SMILES string of the molecule is CCCc1cc2c(cc1C#Cc1ccc(C(=O)O)cc1)C(CC)(CC)CCS2. The van der Waals surface area contributed by atoms with Crippen LogP contribution in [0.3, 0.4) is 0 Å². The second kappa shape index (κ2) is 8.88. The minimum atomic E-state index is -0.910. The summed E-state index contributed by atoms with van der Waals surface area (Å²) in [5, 5.41) is 9.05. The Bertz CT molecular complexity index is 912. The van der Waals surface area contributed by atoms with Gasteiger partial charge in [-0.1, -0.05) is 39.0 Å². The quantitative estimate of drug-likeness (QED) is 0.608. The van der Waals surface area contributed by atoms with E-state index in [4.69, 9.17) is 5.11 Å². The topological polar surface area (TPSA) is 37.3 Å². The van der Waals surface area contributed by atoms with Gasteiger partial charge in [0.25, 0.3) is 0 Å². The van der Waals surface area contributed by atoms with Crippen molar-refractivity contribution in [2.45, 2.75) is 63.2 Å². The third-order valence-electron chi connectivity index (χ3n) is 5.96. The zero-order chi connectivity index (χ0) is 20.1. The first-order valence-corrected chi connectivity index (χ1v) is 11.2. The van der Waals surface area contributed by atoms with Crippen LogP contribution in [0.2, 0.25) is 0 Å². The third kappa shape index (κ3) is 4.13. The molecule has 2 nitrogen and oxygen atoms in total. The smallest absolute Gasteiger partial charge is 0.335 e. The summed E-state index contributed by atoms with van der Waals surface area (Å²) in [6, 6.07) is 11.5. The molecule has 0 radical (unpaired) electrons.